The SMILES string of the molecule is CC(C)CC(C)(CN)NC(=O)CN(C)c1ncnc2nc[nH]c12.Cl.Cl. The van der Waals surface area contributed by atoms with Gasteiger partial charge in [-0.25, -0.2) is 15.0 Å². The minimum Gasteiger partial charge on any atom is -0.348 e. The maximum Gasteiger partial charge on any atom is 0.240 e. The van der Waals surface area contributed by atoms with Crippen molar-refractivity contribution in [1.82, 2.24) is 25.3 Å². The van der Waals surface area contributed by atoms with Crippen LogP contribution in [0.4, 0.5) is 5.82 Å². The Hall–Kier alpha value is -1.64. The lowest BCUT2D eigenvalue weighted by Crippen LogP contribution is -2.54. The minimum atomic E-state index is -0.402. The van der Waals surface area contributed by atoms with Crippen molar-refractivity contribution in [2.24, 2.45) is 11.7 Å². The molecular formula is C15H27Cl2N7O. The number of halogens is 2. The molecule has 0 fully saturated rings. The number of aromatic nitrogens is 4. The van der Waals surface area contributed by atoms with Gasteiger partial charge in [0.1, 0.15) is 11.8 Å². The Balaban J connectivity index is 0.00000288. The van der Waals surface area contributed by atoms with Crippen LogP contribution in [0.3, 0.4) is 0 Å². The fourth-order valence-corrected chi connectivity index (χ4v) is 2.79. The van der Waals surface area contributed by atoms with Gasteiger partial charge >= 0.3 is 0 Å². The Morgan fingerprint density at radius 1 is 1.36 bits per heavy atom. The average molecular weight is 392 g/mol. The highest BCUT2D eigenvalue weighted by molar-refractivity contribution is 5.87. The molecule has 0 aliphatic carbocycles. The summed E-state index contributed by atoms with van der Waals surface area (Å²) in [5.74, 6) is 1.00. The first-order chi connectivity index (χ1) is 10.8. The van der Waals surface area contributed by atoms with Gasteiger partial charge in [-0.15, -0.1) is 24.8 Å². The molecule has 0 saturated carbocycles. The van der Waals surface area contributed by atoms with Crippen molar-refractivity contribution in [3.8, 4) is 0 Å². The van der Waals surface area contributed by atoms with Crippen LogP contribution in [-0.4, -0.2) is 51.5 Å². The van der Waals surface area contributed by atoms with Gasteiger partial charge in [-0.3, -0.25) is 4.79 Å². The molecule has 0 bridgehead atoms. The van der Waals surface area contributed by atoms with Gasteiger partial charge in [0.2, 0.25) is 5.91 Å². The summed E-state index contributed by atoms with van der Waals surface area (Å²) in [6.45, 7) is 6.78. The molecule has 0 aromatic carbocycles. The summed E-state index contributed by atoms with van der Waals surface area (Å²) in [4.78, 5) is 29.5. The largest absolute Gasteiger partial charge is 0.348 e. The summed E-state index contributed by atoms with van der Waals surface area (Å²) in [5.41, 5.74) is 6.73. The van der Waals surface area contributed by atoms with Crippen LogP contribution in [0.15, 0.2) is 12.7 Å². The van der Waals surface area contributed by atoms with E-state index in [0.717, 1.165) is 6.42 Å². The number of hydrogen-bond acceptors (Lipinski definition) is 6. The molecule has 10 heteroatoms. The van der Waals surface area contributed by atoms with E-state index < -0.39 is 5.54 Å². The molecule has 8 nitrogen and oxygen atoms in total. The summed E-state index contributed by atoms with van der Waals surface area (Å²) >= 11 is 0. The maximum atomic E-state index is 12.4. The molecule has 2 rings (SSSR count). The van der Waals surface area contributed by atoms with Crippen LogP contribution in [0.25, 0.3) is 11.2 Å². The number of H-pyrrole nitrogens is 1. The first kappa shape index (κ1) is 23.4. The van der Waals surface area contributed by atoms with Gasteiger partial charge in [0.15, 0.2) is 11.5 Å². The molecule has 4 N–H and O–H groups in total. The van der Waals surface area contributed by atoms with Gasteiger partial charge in [-0.1, -0.05) is 13.8 Å². The van der Waals surface area contributed by atoms with Crippen molar-refractivity contribution < 1.29 is 4.79 Å². The lowest BCUT2D eigenvalue weighted by atomic mass is 9.91. The van der Waals surface area contributed by atoms with Crippen molar-refractivity contribution >= 4 is 47.7 Å². The number of nitrogens with two attached hydrogens (primary N) is 1. The zero-order valence-corrected chi connectivity index (χ0v) is 16.6. The third-order valence-corrected chi connectivity index (χ3v) is 3.70. The summed E-state index contributed by atoms with van der Waals surface area (Å²) in [5, 5.41) is 3.04. The van der Waals surface area contributed by atoms with Gasteiger partial charge in [-0.2, -0.15) is 0 Å². The maximum absolute atomic E-state index is 12.4. The van der Waals surface area contributed by atoms with Gasteiger partial charge in [-0.05, 0) is 19.3 Å². The number of rotatable bonds is 7. The van der Waals surface area contributed by atoms with E-state index in [0.29, 0.717) is 29.4 Å². The third kappa shape index (κ3) is 5.98. The van der Waals surface area contributed by atoms with E-state index in [-0.39, 0.29) is 37.3 Å². The Kier molecular flexibility index (Phi) is 9.10. The Labute approximate surface area is 160 Å². The second kappa shape index (κ2) is 9.74. The first-order valence-electron chi connectivity index (χ1n) is 7.71. The summed E-state index contributed by atoms with van der Waals surface area (Å²) in [6, 6.07) is 0. The summed E-state index contributed by atoms with van der Waals surface area (Å²) in [7, 11) is 1.81. The molecule has 0 spiro atoms. The minimum absolute atomic E-state index is 0. The van der Waals surface area contributed by atoms with Crippen molar-refractivity contribution in [3.63, 3.8) is 0 Å². The molecule has 1 unspecified atom stereocenters. The third-order valence-electron chi connectivity index (χ3n) is 3.70. The Morgan fingerprint density at radius 3 is 2.64 bits per heavy atom. The second-order valence-electron chi connectivity index (χ2n) is 6.57. The molecule has 2 aromatic heterocycles. The molecular weight excluding hydrogens is 365 g/mol. The van der Waals surface area contributed by atoms with Crippen LogP contribution >= 0.6 is 24.8 Å². The zero-order valence-electron chi connectivity index (χ0n) is 14.9. The molecule has 25 heavy (non-hydrogen) atoms. The van der Waals surface area contributed by atoms with Crippen molar-refractivity contribution in [3.05, 3.63) is 12.7 Å². The first-order valence-corrected chi connectivity index (χ1v) is 7.71. The standard InChI is InChI=1S/C15H25N7O.2ClH/c1-10(2)5-15(3,7-16)21-11(23)6-22(4)14-12-13(18-8-17-12)19-9-20-14;;/h8-10H,5-7,16H2,1-4H3,(H,21,23)(H,17,18,19,20);2*1H. The van der Waals surface area contributed by atoms with E-state index in [1.165, 1.54) is 6.33 Å². The van der Waals surface area contributed by atoms with Crippen LogP contribution in [0, 0.1) is 5.92 Å². The van der Waals surface area contributed by atoms with E-state index in [4.69, 9.17) is 5.73 Å². The highest BCUT2D eigenvalue weighted by atomic mass is 35.5. The van der Waals surface area contributed by atoms with E-state index in [1.54, 1.807) is 11.2 Å². The van der Waals surface area contributed by atoms with Crippen molar-refractivity contribution in [1.29, 1.82) is 0 Å². The fraction of sp³-hybridized carbons (Fsp3) is 0.600. The monoisotopic (exact) mass is 391 g/mol. The number of hydrogen-bond donors (Lipinski definition) is 3. The normalized spacial score (nSPS) is 12.9. The molecule has 0 aliphatic heterocycles. The lowest BCUT2D eigenvalue weighted by molar-refractivity contribution is -0.121. The van der Waals surface area contributed by atoms with E-state index in [9.17, 15) is 4.79 Å². The van der Waals surface area contributed by atoms with Crippen LogP contribution < -0.4 is 16.0 Å². The molecule has 0 aliphatic rings. The molecule has 2 heterocycles. The molecule has 2 aromatic rings. The van der Waals surface area contributed by atoms with Crippen LogP contribution in [0.1, 0.15) is 27.2 Å². The number of amides is 1. The van der Waals surface area contributed by atoms with E-state index in [2.05, 4.69) is 39.1 Å². The topological polar surface area (TPSA) is 113 Å². The highest BCUT2D eigenvalue weighted by Gasteiger charge is 2.26. The highest BCUT2D eigenvalue weighted by Crippen LogP contribution is 2.18. The van der Waals surface area contributed by atoms with E-state index in [1.807, 2.05) is 14.0 Å². The smallest absolute Gasteiger partial charge is 0.240 e. The molecule has 142 valence electrons. The van der Waals surface area contributed by atoms with Crippen molar-refractivity contribution in [2.45, 2.75) is 32.7 Å². The van der Waals surface area contributed by atoms with Gasteiger partial charge in [0.05, 0.1) is 12.9 Å². The van der Waals surface area contributed by atoms with E-state index >= 15 is 0 Å². The Bertz CT molecular complexity index is 679. The number of aromatic amines is 1. The summed E-state index contributed by atoms with van der Waals surface area (Å²) in [6.07, 6.45) is 3.83. The van der Waals surface area contributed by atoms with Gasteiger partial charge in [0, 0.05) is 19.1 Å². The van der Waals surface area contributed by atoms with Crippen LogP contribution in [-0.2, 0) is 4.79 Å². The average Bonchev–Trinajstić information content (AvgIpc) is 2.94. The quantitative estimate of drug-likeness (QED) is 0.659. The predicted octanol–water partition coefficient (Wildman–Crippen LogP) is 1.51. The lowest BCUT2D eigenvalue weighted by Gasteiger charge is -2.32. The fourth-order valence-electron chi connectivity index (χ4n) is 2.79. The number of nitrogens with zero attached hydrogens (tertiary/aromatic N) is 4. The zero-order chi connectivity index (χ0) is 17.0. The predicted molar refractivity (Wildman–Crippen MR) is 105 cm³/mol. The molecule has 1 atom stereocenters. The number of imidazole rings is 1. The van der Waals surface area contributed by atoms with Crippen molar-refractivity contribution in [2.75, 3.05) is 25.0 Å². The number of anilines is 1. The van der Waals surface area contributed by atoms with Gasteiger partial charge in [0.25, 0.3) is 0 Å². The molecule has 0 radical (unpaired) electrons. The number of nitrogens with one attached hydrogen (secondary N) is 2. The second-order valence-corrected chi connectivity index (χ2v) is 6.57. The molecule has 0 saturated heterocycles. The summed E-state index contributed by atoms with van der Waals surface area (Å²) < 4.78 is 0. The number of carbonyl (C=O) groups is 1. The Morgan fingerprint density at radius 2 is 2.04 bits per heavy atom. The number of carbonyl (C=O) groups excluding carboxylic acids is 1. The van der Waals surface area contributed by atoms with Crippen LogP contribution in [0.2, 0.25) is 0 Å². The molecule has 1 amide bonds. The number of likely N-dealkylation sites (N-methyl/N-ethyl adjacent to an activating group) is 1. The van der Waals surface area contributed by atoms with Crippen LogP contribution in [0.5, 0.6) is 0 Å². The number of fused-ring (bicyclic) bond motifs is 1. The van der Waals surface area contributed by atoms with Gasteiger partial charge < -0.3 is 20.9 Å².